The molecule has 0 saturated heterocycles. The molecule has 94 valence electrons. The van der Waals surface area contributed by atoms with Crippen LogP contribution in [0.1, 0.15) is 22.1 Å². The minimum absolute atomic E-state index is 0.0151. The van der Waals surface area contributed by atoms with Crippen molar-refractivity contribution in [3.05, 3.63) is 40.5 Å². The van der Waals surface area contributed by atoms with E-state index >= 15 is 0 Å². The lowest BCUT2D eigenvalue weighted by molar-refractivity contribution is 0.0691. The van der Waals surface area contributed by atoms with Gasteiger partial charge in [-0.25, -0.2) is 4.79 Å². The molecule has 0 amide bonds. The van der Waals surface area contributed by atoms with Crippen molar-refractivity contribution in [2.45, 2.75) is 13.5 Å². The van der Waals surface area contributed by atoms with Crippen molar-refractivity contribution in [3.8, 4) is 5.75 Å². The van der Waals surface area contributed by atoms with Crippen LogP contribution in [0.2, 0.25) is 5.02 Å². The molecule has 1 heterocycles. The van der Waals surface area contributed by atoms with Crippen molar-refractivity contribution in [2.24, 2.45) is 0 Å². The van der Waals surface area contributed by atoms with Crippen molar-refractivity contribution in [3.63, 3.8) is 0 Å². The van der Waals surface area contributed by atoms with Crippen LogP contribution in [0.4, 0.5) is 0 Å². The molecule has 0 radical (unpaired) electrons. The van der Waals surface area contributed by atoms with E-state index in [-0.39, 0.29) is 28.8 Å². The molecule has 0 fully saturated rings. The normalized spacial score (nSPS) is 10.3. The van der Waals surface area contributed by atoms with Crippen molar-refractivity contribution < 1.29 is 19.2 Å². The lowest BCUT2D eigenvalue weighted by Crippen LogP contribution is -2.04. The van der Waals surface area contributed by atoms with Crippen LogP contribution in [-0.4, -0.2) is 21.2 Å². The summed E-state index contributed by atoms with van der Waals surface area (Å²) < 4.78 is 10.2. The molecule has 0 atom stereocenters. The summed E-state index contributed by atoms with van der Waals surface area (Å²) in [7, 11) is 0. The first-order valence-corrected chi connectivity index (χ1v) is 5.39. The average molecular weight is 269 g/mol. The molecule has 0 unspecified atom stereocenters. The third-order valence-corrected chi connectivity index (χ3v) is 2.40. The Bertz CT molecular complexity index is 582. The van der Waals surface area contributed by atoms with Crippen LogP contribution in [-0.2, 0) is 6.61 Å². The topological polar surface area (TPSA) is 85.5 Å². The number of para-hydroxylation sites is 1. The minimum atomic E-state index is -1.12. The van der Waals surface area contributed by atoms with Crippen molar-refractivity contribution in [1.82, 2.24) is 10.1 Å². The summed E-state index contributed by atoms with van der Waals surface area (Å²) >= 11 is 5.89. The second kappa shape index (κ2) is 5.05. The Morgan fingerprint density at radius 3 is 2.94 bits per heavy atom. The number of carbonyl (C=O) groups is 1. The predicted octanol–water partition coefficient (Wildman–Crippen LogP) is 2.31. The molecular formula is C11H9ClN2O4. The van der Waals surface area contributed by atoms with Crippen LogP contribution in [0, 0.1) is 6.92 Å². The Morgan fingerprint density at radius 2 is 2.33 bits per heavy atom. The van der Waals surface area contributed by atoms with Gasteiger partial charge >= 0.3 is 5.97 Å². The van der Waals surface area contributed by atoms with E-state index < -0.39 is 5.97 Å². The Morgan fingerprint density at radius 1 is 1.56 bits per heavy atom. The lowest BCUT2D eigenvalue weighted by Gasteiger charge is -2.08. The number of aromatic nitrogens is 2. The largest absolute Gasteiger partial charge is 0.481 e. The fraction of sp³-hybridized carbons (Fsp3) is 0.182. The van der Waals surface area contributed by atoms with E-state index in [1.807, 2.05) is 0 Å². The molecule has 1 aromatic carbocycles. The predicted molar refractivity (Wildman–Crippen MR) is 61.8 cm³/mol. The molecule has 7 heteroatoms. The number of halogens is 1. The molecule has 2 aromatic rings. The monoisotopic (exact) mass is 268 g/mol. The number of carboxylic acids is 1. The molecule has 0 saturated carbocycles. The third-order valence-electron chi connectivity index (χ3n) is 2.11. The van der Waals surface area contributed by atoms with Crippen molar-refractivity contribution in [1.29, 1.82) is 0 Å². The fourth-order valence-electron chi connectivity index (χ4n) is 1.36. The van der Waals surface area contributed by atoms with E-state index in [0.717, 1.165) is 0 Å². The van der Waals surface area contributed by atoms with E-state index in [4.69, 9.17) is 26.0 Å². The Kier molecular flexibility index (Phi) is 3.47. The summed E-state index contributed by atoms with van der Waals surface area (Å²) in [4.78, 5) is 14.9. The van der Waals surface area contributed by atoms with Gasteiger partial charge in [-0.2, -0.15) is 4.98 Å². The smallest absolute Gasteiger partial charge is 0.339 e. The van der Waals surface area contributed by atoms with Gasteiger partial charge in [0.25, 0.3) is 5.89 Å². The van der Waals surface area contributed by atoms with Crippen LogP contribution in [0.3, 0.4) is 0 Å². The number of aromatic carboxylic acids is 1. The van der Waals surface area contributed by atoms with E-state index in [1.165, 1.54) is 12.1 Å². The molecule has 0 aliphatic rings. The number of hydrogen-bond acceptors (Lipinski definition) is 5. The zero-order chi connectivity index (χ0) is 13.1. The first kappa shape index (κ1) is 12.4. The number of benzene rings is 1. The summed E-state index contributed by atoms with van der Waals surface area (Å²) in [6.07, 6.45) is 0. The minimum Gasteiger partial charge on any atom is -0.481 e. The van der Waals surface area contributed by atoms with E-state index in [1.54, 1.807) is 13.0 Å². The molecule has 2 rings (SSSR count). The van der Waals surface area contributed by atoms with Crippen molar-refractivity contribution in [2.75, 3.05) is 0 Å². The highest BCUT2D eigenvalue weighted by molar-refractivity contribution is 6.32. The van der Waals surface area contributed by atoms with Gasteiger partial charge < -0.3 is 14.4 Å². The maximum Gasteiger partial charge on any atom is 0.339 e. The molecule has 0 bridgehead atoms. The van der Waals surface area contributed by atoms with Crippen molar-refractivity contribution >= 4 is 17.6 Å². The molecular weight excluding hydrogens is 260 g/mol. The van der Waals surface area contributed by atoms with Crippen LogP contribution in [0.25, 0.3) is 0 Å². The summed E-state index contributed by atoms with van der Waals surface area (Å²) in [6, 6.07) is 4.49. The number of hydrogen-bond donors (Lipinski definition) is 1. The lowest BCUT2D eigenvalue weighted by atomic mass is 10.2. The quantitative estimate of drug-likeness (QED) is 0.916. The van der Waals surface area contributed by atoms with Crippen LogP contribution >= 0.6 is 11.6 Å². The first-order chi connectivity index (χ1) is 8.58. The average Bonchev–Trinajstić information content (AvgIpc) is 2.73. The SMILES string of the molecule is Cc1noc(COc2c(Cl)cccc2C(=O)O)n1. The highest BCUT2D eigenvalue weighted by Crippen LogP contribution is 2.29. The zero-order valence-corrected chi connectivity index (χ0v) is 10.1. The van der Waals surface area contributed by atoms with Gasteiger partial charge in [0, 0.05) is 0 Å². The highest BCUT2D eigenvalue weighted by atomic mass is 35.5. The highest BCUT2D eigenvalue weighted by Gasteiger charge is 2.15. The van der Waals surface area contributed by atoms with Gasteiger partial charge in [0.1, 0.15) is 5.56 Å². The third kappa shape index (κ3) is 2.60. The second-order valence-electron chi connectivity index (χ2n) is 3.45. The number of nitrogens with zero attached hydrogens (tertiary/aromatic N) is 2. The van der Waals surface area contributed by atoms with Gasteiger partial charge in [-0.1, -0.05) is 22.8 Å². The Hall–Kier alpha value is -2.08. The van der Waals surface area contributed by atoms with E-state index in [2.05, 4.69) is 10.1 Å². The van der Waals surface area contributed by atoms with Gasteiger partial charge in [0.2, 0.25) is 0 Å². The summed E-state index contributed by atoms with van der Waals surface area (Å²) in [5, 5.41) is 12.8. The van der Waals surface area contributed by atoms with E-state index in [0.29, 0.717) is 5.82 Å². The Labute approximate surface area is 107 Å². The summed E-state index contributed by atoms with van der Waals surface area (Å²) in [5.41, 5.74) is -0.0151. The molecule has 6 nitrogen and oxygen atoms in total. The number of aryl methyl sites for hydroxylation is 1. The molecule has 0 aliphatic carbocycles. The second-order valence-corrected chi connectivity index (χ2v) is 3.85. The first-order valence-electron chi connectivity index (χ1n) is 5.01. The van der Waals surface area contributed by atoms with Crippen LogP contribution < -0.4 is 4.74 Å². The zero-order valence-electron chi connectivity index (χ0n) is 9.38. The molecule has 0 spiro atoms. The standard InChI is InChI=1S/C11H9ClN2O4/c1-6-13-9(18-14-6)5-17-10-7(11(15)16)3-2-4-8(10)12/h2-4H,5H2,1H3,(H,15,16). The number of ether oxygens (including phenoxy) is 1. The molecule has 18 heavy (non-hydrogen) atoms. The maximum absolute atomic E-state index is 11.0. The molecule has 0 aliphatic heterocycles. The molecule has 1 N–H and O–H groups in total. The van der Waals surface area contributed by atoms with Crippen LogP contribution in [0.15, 0.2) is 22.7 Å². The van der Waals surface area contributed by atoms with Gasteiger partial charge in [-0.05, 0) is 19.1 Å². The summed E-state index contributed by atoms with van der Waals surface area (Å²) in [5.74, 6) is -0.299. The van der Waals surface area contributed by atoms with Gasteiger partial charge in [-0.15, -0.1) is 0 Å². The van der Waals surface area contributed by atoms with Gasteiger partial charge in [0.05, 0.1) is 5.02 Å². The molecule has 1 aromatic heterocycles. The number of rotatable bonds is 4. The number of carboxylic acid groups (broad SMARTS) is 1. The fourth-order valence-corrected chi connectivity index (χ4v) is 1.59. The summed E-state index contributed by atoms with van der Waals surface area (Å²) in [6.45, 7) is 1.63. The maximum atomic E-state index is 11.0. The van der Waals surface area contributed by atoms with Gasteiger partial charge in [-0.3, -0.25) is 0 Å². The Balaban J connectivity index is 2.20. The van der Waals surface area contributed by atoms with Crippen LogP contribution in [0.5, 0.6) is 5.75 Å². The van der Waals surface area contributed by atoms with Gasteiger partial charge in [0.15, 0.2) is 18.2 Å². The van der Waals surface area contributed by atoms with E-state index in [9.17, 15) is 4.79 Å².